The van der Waals surface area contributed by atoms with E-state index in [4.69, 9.17) is 17.3 Å². The van der Waals surface area contributed by atoms with Gasteiger partial charge in [0.1, 0.15) is 17.3 Å². The molecule has 1 aromatic heterocycles. The van der Waals surface area contributed by atoms with Crippen LogP contribution in [0.2, 0.25) is 5.02 Å². The number of benzene rings is 1. The molecule has 0 fully saturated rings. The molecule has 1 aromatic carbocycles. The summed E-state index contributed by atoms with van der Waals surface area (Å²) in [5, 5.41) is 0.271. The minimum Gasteiger partial charge on any atom is -0.383 e. The third-order valence-electron chi connectivity index (χ3n) is 4.06. The maximum Gasteiger partial charge on any atom is 0.330 e. The molecule has 0 bridgehead atoms. The van der Waals surface area contributed by atoms with Gasteiger partial charge >= 0.3 is 5.69 Å². The van der Waals surface area contributed by atoms with Crippen molar-refractivity contribution in [3.8, 4) is 0 Å². The number of rotatable bonds is 7. The van der Waals surface area contributed by atoms with E-state index in [2.05, 4.69) is 4.98 Å². The van der Waals surface area contributed by atoms with Gasteiger partial charge in [-0.2, -0.15) is 0 Å². The lowest BCUT2D eigenvalue weighted by atomic mass is 10.2. The molecule has 0 aliphatic rings. The standard InChI is InChI=1S/C17H22ClFN4O2/c1-3-5-9-23-15(20)14(16(24)21-17(23)25)22(4-2)10-11-12(18)7-6-8-13(11)19/h6-8H,3-5,9-10,20H2,1-2H3,(H,21,24,25). The Bertz CT molecular complexity index is 842. The number of hydrogen-bond acceptors (Lipinski definition) is 4. The van der Waals surface area contributed by atoms with E-state index < -0.39 is 17.1 Å². The van der Waals surface area contributed by atoms with Gasteiger partial charge in [0, 0.05) is 30.2 Å². The first-order valence-corrected chi connectivity index (χ1v) is 8.58. The number of hydrogen-bond donors (Lipinski definition) is 2. The van der Waals surface area contributed by atoms with E-state index in [1.807, 2.05) is 13.8 Å². The van der Waals surface area contributed by atoms with E-state index >= 15 is 0 Å². The Morgan fingerprint density at radius 3 is 2.64 bits per heavy atom. The normalized spacial score (nSPS) is 10.9. The number of nitrogens with zero attached hydrogens (tertiary/aromatic N) is 2. The zero-order valence-corrected chi connectivity index (χ0v) is 15.1. The van der Waals surface area contributed by atoms with Crippen molar-refractivity contribution in [2.75, 3.05) is 17.2 Å². The molecule has 0 aliphatic heterocycles. The molecule has 0 atom stereocenters. The first-order valence-electron chi connectivity index (χ1n) is 8.21. The fourth-order valence-electron chi connectivity index (χ4n) is 2.64. The van der Waals surface area contributed by atoms with Crippen LogP contribution in [-0.4, -0.2) is 16.1 Å². The Kier molecular flexibility index (Phi) is 6.25. The largest absolute Gasteiger partial charge is 0.383 e. The fraction of sp³-hybridized carbons (Fsp3) is 0.412. The van der Waals surface area contributed by atoms with Crippen LogP contribution in [-0.2, 0) is 13.1 Å². The average Bonchev–Trinajstić information content (AvgIpc) is 2.56. The van der Waals surface area contributed by atoms with Crippen LogP contribution < -0.4 is 21.9 Å². The molecule has 0 aliphatic carbocycles. The Labute approximate surface area is 150 Å². The van der Waals surface area contributed by atoms with Gasteiger partial charge in [-0.3, -0.25) is 14.3 Å². The van der Waals surface area contributed by atoms with Crippen LogP contribution in [0.15, 0.2) is 27.8 Å². The van der Waals surface area contributed by atoms with Crippen molar-refractivity contribution < 1.29 is 4.39 Å². The van der Waals surface area contributed by atoms with Crippen molar-refractivity contribution in [1.82, 2.24) is 9.55 Å². The fourth-order valence-corrected chi connectivity index (χ4v) is 2.87. The van der Waals surface area contributed by atoms with E-state index in [0.717, 1.165) is 12.8 Å². The number of nitrogen functional groups attached to an aromatic ring is 1. The predicted octanol–water partition coefficient (Wildman–Crippen LogP) is 2.74. The summed E-state index contributed by atoms with van der Waals surface area (Å²) in [4.78, 5) is 28.3. The van der Waals surface area contributed by atoms with E-state index in [1.165, 1.54) is 16.7 Å². The molecule has 0 saturated heterocycles. The summed E-state index contributed by atoms with van der Waals surface area (Å²) in [6, 6.07) is 4.41. The topological polar surface area (TPSA) is 84.1 Å². The van der Waals surface area contributed by atoms with Crippen LogP contribution >= 0.6 is 11.6 Å². The van der Waals surface area contributed by atoms with Crippen molar-refractivity contribution in [3.63, 3.8) is 0 Å². The molecule has 2 aromatic rings. The molecule has 2 rings (SSSR count). The number of aromatic amines is 1. The molecule has 25 heavy (non-hydrogen) atoms. The van der Waals surface area contributed by atoms with Crippen molar-refractivity contribution in [1.29, 1.82) is 0 Å². The Morgan fingerprint density at radius 2 is 2.04 bits per heavy atom. The number of H-pyrrole nitrogens is 1. The molecule has 0 amide bonds. The molecule has 6 nitrogen and oxygen atoms in total. The second kappa shape index (κ2) is 8.20. The van der Waals surface area contributed by atoms with Crippen molar-refractivity contribution >= 4 is 23.1 Å². The lowest BCUT2D eigenvalue weighted by molar-refractivity contribution is 0.596. The highest BCUT2D eigenvalue weighted by Crippen LogP contribution is 2.24. The molecular weight excluding hydrogens is 347 g/mol. The van der Waals surface area contributed by atoms with E-state index in [1.54, 1.807) is 11.0 Å². The SMILES string of the molecule is CCCCn1c(N)c(N(CC)Cc2c(F)cccc2Cl)c(=O)[nH]c1=O. The molecule has 136 valence electrons. The van der Waals surface area contributed by atoms with Gasteiger partial charge in [-0.05, 0) is 25.5 Å². The van der Waals surface area contributed by atoms with Gasteiger partial charge in [0.2, 0.25) is 0 Å². The zero-order chi connectivity index (χ0) is 18.6. The summed E-state index contributed by atoms with van der Waals surface area (Å²) in [6.07, 6.45) is 1.63. The summed E-state index contributed by atoms with van der Waals surface area (Å²) >= 11 is 6.08. The monoisotopic (exact) mass is 368 g/mol. The van der Waals surface area contributed by atoms with Crippen molar-refractivity contribution in [2.45, 2.75) is 39.8 Å². The van der Waals surface area contributed by atoms with Gasteiger partial charge in [-0.15, -0.1) is 0 Å². The van der Waals surface area contributed by atoms with Gasteiger partial charge in [0.15, 0.2) is 0 Å². The number of aromatic nitrogens is 2. The van der Waals surface area contributed by atoms with Crippen LogP contribution in [0.25, 0.3) is 0 Å². The van der Waals surface area contributed by atoms with Crippen LogP contribution in [0.5, 0.6) is 0 Å². The molecule has 0 unspecified atom stereocenters. The first-order chi connectivity index (χ1) is 11.9. The summed E-state index contributed by atoms with van der Waals surface area (Å²) in [6.45, 7) is 4.68. The van der Waals surface area contributed by atoms with E-state index in [9.17, 15) is 14.0 Å². The van der Waals surface area contributed by atoms with Crippen LogP contribution in [0.1, 0.15) is 32.3 Å². The van der Waals surface area contributed by atoms with E-state index in [0.29, 0.717) is 13.1 Å². The Balaban J connectivity index is 2.50. The number of nitrogens with two attached hydrogens (primary N) is 1. The molecule has 3 N–H and O–H groups in total. The third-order valence-corrected chi connectivity index (χ3v) is 4.41. The lowest BCUT2D eigenvalue weighted by Crippen LogP contribution is -2.38. The van der Waals surface area contributed by atoms with Crippen LogP contribution in [0.3, 0.4) is 0 Å². The summed E-state index contributed by atoms with van der Waals surface area (Å²) in [5.41, 5.74) is 5.40. The number of unbranched alkanes of at least 4 members (excludes halogenated alkanes) is 1. The molecule has 0 radical (unpaired) electrons. The smallest absolute Gasteiger partial charge is 0.330 e. The number of nitrogens with one attached hydrogen (secondary N) is 1. The lowest BCUT2D eigenvalue weighted by Gasteiger charge is -2.25. The summed E-state index contributed by atoms with van der Waals surface area (Å²) in [7, 11) is 0. The maximum atomic E-state index is 14.1. The number of halogens is 2. The van der Waals surface area contributed by atoms with Gasteiger partial charge in [-0.25, -0.2) is 9.18 Å². The van der Waals surface area contributed by atoms with Gasteiger partial charge < -0.3 is 10.6 Å². The van der Waals surface area contributed by atoms with Crippen LogP contribution in [0, 0.1) is 5.82 Å². The first kappa shape index (κ1) is 19.1. The second-order valence-corrected chi connectivity index (χ2v) is 6.12. The summed E-state index contributed by atoms with van der Waals surface area (Å²) in [5.74, 6) is -0.378. The van der Waals surface area contributed by atoms with E-state index in [-0.39, 0.29) is 28.6 Å². The highest BCUT2D eigenvalue weighted by atomic mass is 35.5. The predicted molar refractivity (Wildman–Crippen MR) is 98.8 cm³/mol. The molecule has 8 heteroatoms. The highest BCUT2D eigenvalue weighted by Gasteiger charge is 2.20. The summed E-state index contributed by atoms with van der Waals surface area (Å²) < 4.78 is 15.4. The molecule has 0 spiro atoms. The molecular formula is C17H22ClFN4O2. The Hall–Kier alpha value is -2.28. The zero-order valence-electron chi connectivity index (χ0n) is 14.3. The Morgan fingerprint density at radius 1 is 1.32 bits per heavy atom. The maximum absolute atomic E-state index is 14.1. The quantitative estimate of drug-likeness (QED) is 0.787. The van der Waals surface area contributed by atoms with Gasteiger partial charge in [0.25, 0.3) is 5.56 Å². The second-order valence-electron chi connectivity index (χ2n) is 5.71. The molecule has 0 saturated carbocycles. The minimum atomic E-state index is -0.593. The molecule has 1 heterocycles. The third kappa shape index (κ3) is 4.04. The average molecular weight is 369 g/mol. The van der Waals surface area contributed by atoms with Gasteiger partial charge in [-0.1, -0.05) is 31.0 Å². The van der Waals surface area contributed by atoms with Crippen LogP contribution in [0.4, 0.5) is 15.9 Å². The minimum absolute atomic E-state index is 0.0707. The van der Waals surface area contributed by atoms with Crippen molar-refractivity contribution in [3.05, 3.63) is 55.4 Å². The highest BCUT2D eigenvalue weighted by molar-refractivity contribution is 6.31. The van der Waals surface area contributed by atoms with Crippen molar-refractivity contribution in [2.24, 2.45) is 0 Å². The number of anilines is 2. The van der Waals surface area contributed by atoms with Gasteiger partial charge in [0.05, 0.1) is 0 Å².